The van der Waals surface area contributed by atoms with Crippen LogP contribution in [0.3, 0.4) is 0 Å². The van der Waals surface area contributed by atoms with E-state index in [9.17, 15) is 4.79 Å². The molecule has 0 amide bonds. The summed E-state index contributed by atoms with van der Waals surface area (Å²) in [5, 5.41) is 0. The van der Waals surface area contributed by atoms with Gasteiger partial charge in [-0.2, -0.15) is 0 Å². The Kier molecular flexibility index (Phi) is 4.00. The summed E-state index contributed by atoms with van der Waals surface area (Å²) < 4.78 is 5.58. The van der Waals surface area contributed by atoms with Gasteiger partial charge < -0.3 is 4.74 Å². The third-order valence-electron chi connectivity index (χ3n) is 5.15. The Morgan fingerprint density at radius 2 is 1.91 bits per heavy atom. The second-order valence-electron chi connectivity index (χ2n) is 7.15. The Morgan fingerprint density at radius 3 is 2.64 bits per heavy atom. The zero-order valence-corrected chi connectivity index (χ0v) is 13.8. The summed E-state index contributed by atoms with van der Waals surface area (Å²) in [4.78, 5) is 11.8. The van der Waals surface area contributed by atoms with Gasteiger partial charge in [-0.25, -0.2) is 0 Å². The number of ketones is 1. The van der Waals surface area contributed by atoms with Crippen LogP contribution in [0, 0.1) is 30.1 Å². The highest BCUT2D eigenvalue weighted by Crippen LogP contribution is 2.38. The molecule has 116 valence electrons. The highest BCUT2D eigenvalue weighted by molar-refractivity contribution is 6.03. The van der Waals surface area contributed by atoms with Gasteiger partial charge in [0.15, 0.2) is 6.61 Å². The van der Waals surface area contributed by atoms with Crippen LogP contribution < -0.4 is 4.74 Å². The predicted octanol–water partition coefficient (Wildman–Crippen LogP) is 4.53. The first-order valence-corrected chi connectivity index (χ1v) is 8.32. The number of Topliss-reactive ketones (excluding diaryl/α,β-unsaturated/α-hetero) is 1. The van der Waals surface area contributed by atoms with Crippen molar-refractivity contribution >= 4 is 5.78 Å². The lowest BCUT2D eigenvalue weighted by atomic mass is 9.71. The molecule has 1 aliphatic carbocycles. The van der Waals surface area contributed by atoms with Crippen molar-refractivity contribution in [2.45, 2.75) is 52.9 Å². The van der Waals surface area contributed by atoms with Crippen molar-refractivity contribution in [3.05, 3.63) is 28.8 Å². The third kappa shape index (κ3) is 2.77. The smallest absolute Gasteiger partial charge is 0.203 e. The molecule has 0 saturated heterocycles. The molecule has 0 aromatic heterocycles. The molecule has 1 aromatic carbocycles. The molecule has 0 radical (unpaired) electrons. The van der Waals surface area contributed by atoms with E-state index >= 15 is 0 Å². The first-order chi connectivity index (χ1) is 10.5. The molecular formula is C20H24O2. The van der Waals surface area contributed by atoms with Crippen LogP contribution in [0.25, 0.3) is 0 Å². The number of aryl methyl sites for hydroxylation is 1. The summed E-state index contributed by atoms with van der Waals surface area (Å²) in [6, 6.07) is 3.83. The molecule has 1 saturated carbocycles. The van der Waals surface area contributed by atoms with E-state index in [4.69, 9.17) is 4.74 Å². The lowest BCUT2D eigenvalue weighted by Gasteiger charge is -2.32. The standard InChI is InChI=1S/C20H24O2/c1-14-9-10-17-18(21)13-22-19(17)16(14)11-12-20(2,3)15-7-5-4-6-8-15/h9-10,15H,4-8,13H2,1-3H3. The van der Waals surface area contributed by atoms with E-state index in [0.717, 1.165) is 11.1 Å². The van der Waals surface area contributed by atoms with Gasteiger partial charge in [0, 0.05) is 5.41 Å². The monoisotopic (exact) mass is 296 g/mol. The van der Waals surface area contributed by atoms with E-state index in [-0.39, 0.29) is 17.8 Å². The van der Waals surface area contributed by atoms with Gasteiger partial charge in [0.25, 0.3) is 0 Å². The van der Waals surface area contributed by atoms with Crippen LogP contribution in [0.2, 0.25) is 0 Å². The molecule has 0 bridgehead atoms. The van der Waals surface area contributed by atoms with Crippen LogP contribution in [0.4, 0.5) is 0 Å². The molecule has 2 nitrogen and oxygen atoms in total. The summed E-state index contributed by atoms with van der Waals surface area (Å²) in [6.45, 7) is 6.69. The molecule has 1 aromatic rings. The average Bonchev–Trinajstić information content (AvgIpc) is 2.88. The summed E-state index contributed by atoms with van der Waals surface area (Å²) in [6.07, 6.45) is 6.58. The lowest BCUT2D eigenvalue weighted by Crippen LogP contribution is -2.24. The van der Waals surface area contributed by atoms with Crippen molar-refractivity contribution in [3.8, 4) is 17.6 Å². The summed E-state index contributed by atoms with van der Waals surface area (Å²) in [5.74, 6) is 8.26. The summed E-state index contributed by atoms with van der Waals surface area (Å²) >= 11 is 0. The van der Waals surface area contributed by atoms with E-state index in [1.807, 2.05) is 19.1 Å². The van der Waals surface area contributed by atoms with Gasteiger partial charge in [-0.05, 0) is 51.2 Å². The van der Waals surface area contributed by atoms with Crippen LogP contribution >= 0.6 is 0 Å². The van der Waals surface area contributed by atoms with E-state index in [1.54, 1.807) is 0 Å². The zero-order chi connectivity index (χ0) is 15.7. The molecule has 1 aliphatic heterocycles. The Labute approximate surface area is 133 Å². The normalized spacial score (nSPS) is 18.4. The van der Waals surface area contributed by atoms with Crippen molar-refractivity contribution in [1.82, 2.24) is 0 Å². The number of hydrogen-bond acceptors (Lipinski definition) is 2. The zero-order valence-electron chi connectivity index (χ0n) is 13.8. The van der Waals surface area contributed by atoms with Crippen LogP contribution in [0.1, 0.15) is 67.4 Å². The molecule has 2 aliphatic rings. The predicted molar refractivity (Wildman–Crippen MR) is 88.2 cm³/mol. The van der Waals surface area contributed by atoms with Gasteiger partial charge in [-0.1, -0.05) is 37.2 Å². The number of benzene rings is 1. The van der Waals surface area contributed by atoms with Crippen molar-refractivity contribution < 1.29 is 9.53 Å². The SMILES string of the molecule is Cc1ccc2c(c1C#CC(C)(C)C1CCCCC1)OCC2=O. The number of fused-ring (bicyclic) bond motifs is 1. The van der Waals surface area contributed by atoms with Gasteiger partial charge in [-0.15, -0.1) is 0 Å². The van der Waals surface area contributed by atoms with Crippen molar-refractivity contribution in [2.75, 3.05) is 6.61 Å². The fourth-order valence-electron chi connectivity index (χ4n) is 3.57. The minimum atomic E-state index is 0.0121. The Morgan fingerprint density at radius 1 is 1.18 bits per heavy atom. The maximum atomic E-state index is 11.8. The minimum absolute atomic E-state index is 0.0121. The van der Waals surface area contributed by atoms with Crippen molar-refractivity contribution in [3.63, 3.8) is 0 Å². The van der Waals surface area contributed by atoms with E-state index < -0.39 is 0 Å². The van der Waals surface area contributed by atoms with Crippen LogP contribution in [-0.4, -0.2) is 12.4 Å². The maximum absolute atomic E-state index is 11.8. The molecule has 0 atom stereocenters. The quantitative estimate of drug-likeness (QED) is 0.712. The Hall–Kier alpha value is -1.75. The number of hydrogen-bond donors (Lipinski definition) is 0. The maximum Gasteiger partial charge on any atom is 0.203 e. The lowest BCUT2D eigenvalue weighted by molar-refractivity contribution is 0.0961. The molecule has 1 heterocycles. The molecule has 2 heteroatoms. The Bertz CT molecular complexity index is 652. The topological polar surface area (TPSA) is 26.3 Å². The molecule has 1 fully saturated rings. The number of carbonyl (C=O) groups is 1. The van der Waals surface area contributed by atoms with E-state index in [1.165, 1.54) is 32.1 Å². The fourth-order valence-corrected chi connectivity index (χ4v) is 3.57. The van der Waals surface area contributed by atoms with Gasteiger partial charge in [-0.3, -0.25) is 4.79 Å². The average molecular weight is 296 g/mol. The molecule has 3 rings (SSSR count). The fraction of sp³-hybridized carbons (Fsp3) is 0.550. The van der Waals surface area contributed by atoms with Crippen LogP contribution in [0.15, 0.2) is 12.1 Å². The van der Waals surface area contributed by atoms with Gasteiger partial charge in [0.1, 0.15) is 5.75 Å². The highest BCUT2D eigenvalue weighted by atomic mass is 16.5. The Balaban J connectivity index is 1.92. The number of rotatable bonds is 1. The number of carbonyl (C=O) groups excluding carboxylic acids is 1. The van der Waals surface area contributed by atoms with Crippen molar-refractivity contribution in [1.29, 1.82) is 0 Å². The largest absolute Gasteiger partial charge is 0.483 e. The molecule has 0 spiro atoms. The first-order valence-electron chi connectivity index (χ1n) is 8.32. The van der Waals surface area contributed by atoms with Gasteiger partial charge in [0.05, 0.1) is 11.1 Å². The van der Waals surface area contributed by atoms with Crippen LogP contribution in [0.5, 0.6) is 5.75 Å². The summed E-state index contributed by atoms with van der Waals surface area (Å²) in [7, 11) is 0. The molecular weight excluding hydrogens is 272 g/mol. The minimum Gasteiger partial charge on any atom is -0.483 e. The van der Waals surface area contributed by atoms with Crippen molar-refractivity contribution in [2.24, 2.45) is 11.3 Å². The van der Waals surface area contributed by atoms with Crippen LogP contribution in [-0.2, 0) is 0 Å². The van der Waals surface area contributed by atoms with Gasteiger partial charge >= 0.3 is 0 Å². The third-order valence-corrected chi connectivity index (χ3v) is 5.15. The van der Waals surface area contributed by atoms with Gasteiger partial charge in [0.2, 0.25) is 5.78 Å². The molecule has 0 unspecified atom stereocenters. The number of ether oxygens (including phenoxy) is 1. The highest BCUT2D eigenvalue weighted by Gasteiger charge is 2.29. The second kappa shape index (κ2) is 5.80. The first kappa shape index (κ1) is 15.2. The molecule has 22 heavy (non-hydrogen) atoms. The summed E-state index contributed by atoms with van der Waals surface area (Å²) in [5.41, 5.74) is 2.68. The second-order valence-corrected chi connectivity index (χ2v) is 7.15. The van der Waals surface area contributed by atoms with E-state index in [0.29, 0.717) is 17.2 Å². The van der Waals surface area contributed by atoms with E-state index in [2.05, 4.69) is 25.7 Å². The molecule has 0 N–H and O–H groups in total.